The molecule has 0 radical (unpaired) electrons. The number of aliphatic carboxylic acids is 1. The topological polar surface area (TPSA) is 83.5 Å². The number of carboxylic acid groups (broad SMARTS) is 1. The second kappa shape index (κ2) is 5.58. The third kappa shape index (κ3) is 3.48. The number of aliphatic hydroxyl groups is 1. The summed E-state index contributed by atoms with van der Waals surface area (Å²) in [6, 6.07) is -0.811. The van der Waals surface area contributed by atoms with Gasteiger partial charge in [-0.05, 0) is 12.8 Å². The Morgan fingerprint density at radius 1 is 1.50 bits per heavy atom. The molecule has 1 saturated carbocycles. The number of rotatable bonds is 4. The Morgan fingerprint density at radius 2 is 2.14 bits per heavy atom. The highest BCUT2D eigenvalue weighted by Gasteiger charge is 2.24. The average molecular weight is 219 g/mol. The van der Waals surface area contributed by atoms with Crippen LogP contribution >= 0.6 is 11.8 Å². The lowest BCUT2D eigenvalue weighted by Crippen LogP contribution is -2.35. The maximum Gasteiger partial charge on any atom is 0.321 e. The van der Waals surface area contributed by atoms with Crippen LogP contribution < -0.4 is 5.73 Å². The Morgan fingerprint density at radius 3 is 2.71 bits per heavy atom. The van der Waals surface area contributed by atoms with E-state index in [1.54, 1.807) is 0 Å². The third-order valence-electron chi connectivity index (χ3n) is 2.47. The largest absolute Gasteiger partial charge is 0.480 e. The Kier molecular flexibility index (Phi) is 4.71. The molecule has 4 nitrogen and oxygen atoms in total. The van der Waals surface area contributed by atoms with Gasteiger partial charge in [-0.2, -0.15) is 11.8 Å². The van der Waals surface area contributed by atoms with Crippen LogP contribution in [0.25, 0.3) is 0 Å². The highest BCUT2D eigenvalue weighted by Crippen LogP contribution is 2.28. The van der Waals surface area contributed by atoms with E-state index in [2.05, 4.69) is 0 Å². The van der Waals surface area contributed by atoms with Crippen LogP contribution in [-0.4, -0.2) is 39.3 Å². The molecule has 0 aliphatic heterocycles. The second-order valence-corrected chi connectivity index (χ2v) is 4.94. The summed E-state index contributed by atoms with van der Waals surface area (Å²) in [6.45, 7) is 0. The quantitative estimate of drug-likeness (QED) is 0.639. The maximum absolute atomic E-state index is 10.5. The molecule has 14 heavy (non-hydrogen) atoms. The maximum atomic E-state index is 10.5. The van der Waals surface area contributed by atoms with Gasteiger partial charge < -0.3 is 15.9 Å². The van der Waals surface area contributed by atoms with Crippen molar-refractivity contribution in [2.45, 2.75) is 43.1 Å². The Labute approximate surface area is 87.9 Å². The van der Waals surface area contributed by atoms with Crippen LogP contribution in [0.5, 0.6) is 0 Å². The van der Waals surface area contributed by atoms with E-state index in [-0.39, 0.29) is 11.4 Å². The molecule has 0 aromatic rings. The van der Waals surface area contributed by atoms with E-state index in [0.717, 1.165) is 25.7 Å². The number of carbonyl (C=O) groups is 1. The highest BCUT2D eigenvalue weighted by molar-refractivity contribution is 8.00. The fraction of sp³-hybridized carbons (Fsp3) is 0.889. The first-order valence-corrected chi connectivity index (χ1v) is 5.94. The van der Waals surface area contributed by atoms with Gasteiger partial charge in [0, 0.05) is 11.0 Å². The zero-order chi connectivity index (χ0) is 10.6. The molecule has 0 heterocycles. The van der Waals surface area contributed by atoms with Gasteiger partial charge >= 0.3 is 5.97 Å². The number of hydrogen-bond donors (Lipinski definition) is 3. The van der Waals surface area contributed by atoms with Gasteiger partial charge in [-0.15, -0.1) is 0 Å². The number of aliphatic hydroxyl groups excluding tert-OH is 1. The van der Waals surface area contributed by atoms with Crippen LogP contribution in [0.1, 0.15) is 25.7 Å². The normalized spacial score (nSPS) is 29.9. The average Bonchev–Trinajstić information content (AvgIpc) is 2.16. The molecule has 1 fully saturated rings. The second-order valence-electron chi connectivity index (χ2n) is 3.67. The van der Waals surface area contributed by atoms with Gasteiger partial charge in [0.25, 0.3) is 0 Å². The van der Waals surface area contributed by atoms with Crippen molar-refractivity contribution in [2.24, 2.45) is 5.73 Å². The molecule has 1 rings (SSSR count). The smallest absolute Gasteiger partial charge is 0.321 e. The summed E-state index contributed by atoms with van der Waals surface area (Å²) >= 11 is 1.49. The van der Waals surface area contributed by atoms with E-state index in [0.29, 0.717) is 5.75 Å². The molecule has 82 valence electrons. The minimum Gasteiger partial charge on any atom is -0.480 e. The van der Waals surface area contributed by atoms with Crippen molar-refractivity contribution in [3.63, 3.8) is 0 Å². The van der Waals surface area contributed by atoms with Crippen molar-refractivity contribution >= 4 is 17.7 Å². The predicted octanol–water partition coefficient (Wildman–Crippen LogP) is 0.435. The van der Waals surface area contributed by atoms with Crippen molar-refractivity contribution < 1.29 is 15.0 Å². The van der Waals surface area contributed by atoms with Crippen LogP contribution in [-0.2, 0) is 4.79 Å². The molecular formula is C9H17NO3S. The first-order chi connectivity index (χ1) is 6.61. The molecule has 0 bridgehead atoms. The van der Waals surface area contributed by atoms with Crippen molar-refractivity contribution in [3.8, 4) is 0 Å². The lowest BCUT2D eigenvalue weighted by molar-refractivity contribution is -0.137. The molecule has 0 spiro atoms. The zero-order valence-corrected chi connectivity index (χ0v) is 8.87. The highest BCUT2D eigenvalue weighted by atomic mass is 32.2. The van der Waals surface area contributed by atoms with Crippen LogP contribution in [0.4, 0.5) is 0 Å². The number of nitrogens with two attached hydrogens (primary N) is 1. The van der Waals surface area contributed by atoms with Gasteiger partial charge in [-0.25, -0.2) is 0 Å². The van der Waals surface area contributed by atoms with Gasteiger partial charge in [0.15, 0.2) is 0 Å². The Balaban J connectivity index is 2.25. The van der Waals surface area contributed by atoms with E-state index in [1.807, 2.05) is 0 Å². The number of hydrogen-bond acceptors (Lipinski definition) is 4. The summed E-state index contributed by atoms with van der Waals surface area (Å²) in [4.78, 5) is 10.5. The molecule has 5 heteroatoms. The lowest BCUT2D eigenvalue weighted by Gasteiger charge is -2.27. The van der Waals surface area contributed by atoms with E-state index in [9.17, 15) is 9.90 Å². The minimum atomic E-state index is -0.970. The summed E-state index contributed by atoms with van der Waals surface area (Å²) < 4.78 is 0. The Bertz CT molecular complexity index is 200. The molecule has 1 aliphatic rings. The SMILES string of the molecule is N[C@H](CSC1CCCCC1O)C(=O)O. The van der Waals surface area contributed by atoms with Gasteiger partial charge in [-0.1, -0.05) is 12.8 Å². The van der Waals surface area contributed by atoms with Crippen LogP contribution in [0.2, 0.25) is 0 Å². The van der Waals surface area contributed by atoms with Gasteiger partial charge in [-0.3, -0.25) is 4.79 Å². The van der Waals surface area contributed by atoms with Crippen LogP contribution in [0.3, 0.4) is 0 Å². The molecule has 3 atom stereocenters. The van der Waals surface area contributed by atoms with Crippen LogP contribution in [0.15, 0.2) is 0 Å². The summed E-state index contributed by atoms with van der Waals surface area (Å²) in [5.41, 5.74) is 5.38. The Hall–Kier alpha value is -0.260. The van der Waals surface area contributed by atoms with Crippen molar-refractivity contribution in [3.05, 3.63) is 0 Å². The van der Waals surface area contributed by atoms with Gasteiger partial charge in [0.2, 0.25) is 0 Å². The van der Waals surface area contributed by atoms with E-state index >= 15 is 0 Å². The number of thioether (sulfide) groups is 1. The molecule has 1 aliphatic carbocycles. The minimum absolute atomic E-state index is 0.175. The van der Waals surface area contributed by atoms with E-state index in [1.165, 1.54) is 11.8 Å². The summed E-state index contributed by atoms with van der Waals surface area (Å²) in [6.07, 6.45) is 3.72. The molecule has 0 saturated heterocycles. The molecule has 4 N–H and O–H groups in total. The monoisotopic (exact) mass is 219 g/mol. The van der Waals surface area contributed by atoms with Gasteiger partial charge in [0.05, 0.1) is 6.10 Å². The van der Waals surface area contributed by atoms with Crippen LogP contribution in [0, 0.1) is 0 Å². The molecule has 0 amide bonds. The van der Waals surface area contributed by atoms with E-state index in [4.69, 9.17) is 10.8 Å². The summed E-state index contributed by atoms with van der Waals surface area (Å²) in [5, 5.41) is 18.4. The molecule has 0 aromatic heterocycles. The third-order valence-corrected chi connectivity index (χ3v) is 4.00. The van der Waals surface area contributed by atoms with Crippen molar-refractivity contribution in [1.82, 2.24) is 0 Å². The first kappa shape index (κ1) is 11.8. The van der Waals surface area contributed by atoms with Crippen molar-refractivity contribution in [2.75, 3.05) is 5.75 Å². The molecule has 0 aromatic carbocycles. The van der Waals surface area contributed by atoms with Gasteiger partial charge in [0.1, 0.15) is 6.04 Å². The summed E-state index contributed by atoms with van der Waals surface area (Å²) in [5.74, 6) is -0.584. The molecule has 2 unspecified atom stereocenters. The van der Waals surface area contributed by atoms with Crippen molar-refractivity contribution in [1.29, 1.82) is 0 Å². The summed E-state index contributed by atoms with van der Waals surface area (Å²) in [7, 11) is 0. The molecular weight excluding hydrogens is 202 g/mol. The van der Waals surface area contributed by atoms with E-state index < -0.39 is 12.0 Å². The lowest BCUT2D eigenvalue weighted by atomic mass is 9.97. The first-order valence-electron chi connectivity index (χ1n) is 4.89. The fourth-order valence-corrected chi connectivity index (χ4v) is 2.86. The standard InChI is InChI=1S/C9H17NO3S/c10-6(9(12)13)5-14-8-4-2-1-3-7(8)11/h6-8,11H,1-5,10H2,(H,12,13)/t6-,7?,8?/m1/s1. The fourth-order valence-electron chi connectivity index (χ4n) is 1.57. The number of carboxylic acids is 1. The predicted molar refractivity (Wildman–Crippen MR) is 56.3 cm³/mol. The zero-order valence-electron chi connectivity index (χ0n) is 8.06.